The third kappa shape index (κ3) is 35.6. The Hall–Kier alpha value is -3.19. The van der Waals surface area contributed by atoms with E-state index < -0.39 is 70.7 Å². The Kier molecular flexibility index (Phi) is 42.9. The Morgan fingerprint density at radius 3 is 0.725 bits per heavy atom. The van der Waals surface area contributed by atoms with Crippen molar-refractivity contribution in [3.63, 3.8) is 0 Å². The summed E-state index contributed by atoms with van der Waals surface area (Å²) < 4.78 is 130. The molecular formula is C47H40As2F12O2P4Rh2. The molecule has 0 bridgehead atoms. The van der Waals surface area contributed by atoms with Crippen LogP contribution in [0, 0.1) is 11.8 Å². The monoisotopic (exact) mass is 1340 g/mol. The second kappa shape index (κ2) is 43.6. The van der Waals surface area contributed by atoms with Crippen molar-refractivity contribution < 1.29 is 98.9 Å². The van der Waals surface area contributed by atoms with Crippen LogP contribution in [0.15, 0.2) is 212 Å². The van der Waals surface area contributed by atoms with Crippen LogP contribution in [0.1, 0.15) is 12.5 Å². The van der Waals surface area contributed by atoms with E-state index in [1.807, 2.05) is 30.3 Å². The van der Waals surface area contributed by atoms with E-state index >= 15 is 0 Å². The average molecular weight is 1340 g/mol. The Morgan fingerprint density at radius 2 is 0.551 bits per heavy atom. The van der Waals surface area contributed by atoms with Crippen LogP contribution >= 0.6 is 35.4 Å². The number of hydrogen-bond donors (Lipinski definition) is 0. The van der Waals surface area contributed by atoms with Gasteiger partial charge >= 0.3 is 279 Å². The molecule has 7 aromatic carbocycles. The van der Waals surface area contributed by atoms with Crippen molar-refractivity contribution in [1.82, 2.24) is 0 Å². The molecule has 0 spiro atoms. The van der Waals surface area contributed by atoms with E-state index in [1.165, 1.54) is 26.1 Å². The van der Waals surface area contributed by atoms with Gasteiger partial charge in [0.15, 0.2) is 0 Å². The number of benzene rings is 7. The minimum atomic E-state index is -4.12. The fraction of sp³-hybridized carbons (Fsp3) is 0.0426. The van der Waals surface area contributed by atoms with Gasteiger partial charge in [-0.15, -0.1) is 0 Å². The summed E-state index contributed by atoms with van der Waals surface area (Å²) in [5.74, 6) is 4.61. The molecule has 0 aliphatic rings. The first-order valence-corrected chi connectivity index (χ1v) is 28.6. The molecule has 0 fully saturated rings. The molecule has 0 amide bonds. The van der Waals surface area contributed by atoms with Crippen molar-refractivity contribution in [2.75, 3.05) is 6.61 Å². The molecule has 0 heterocycles. The molecule has 69 heavy (non-hydrogen) atoms. The summed E-state index contributed by atoms with van der Waals surface area (Å²) in [4.78, 5) is 10.8. The third-order valence-electron chi connectivity index (χ3n) is 7.44. The second-order valence-corrected chi connectivity index (χ2v) is 22.6. The van der Waals surface area contributed by atoms with Gasteiger partial charge in [0.2, 0.25) is 0 Å². The van der Waals surface area contributed by atoms with E-state index in [2.05, 4.69) is 199 Å². The molecule has 0 saturated heterocycles. The van der Waals surface area contributed by atoms with Gasteiger partial charge in [-0.3, -0.25) is 0 Å². The minimum absolute atomic E-state index is 0. The van der Waals surface area contributed by atoms with Gasteiger partial charge in [0.05, 0.1) is 6.61 Å². The van der Waals surface area contributed by atoms with Crippen molar-refractivity contribution in [3.8, 4) is 11.8 Å². The van der Waals surface area contributed by atoms with E-state index in [4.69, 9.17) is 0 Å². The summed E-state index contributed by atoms with van der Waals surface area (Å²) >= 11 is -2.78. The van der Waals surface area contributed by atoms with Gasteiger partial charge in [-0.2, -0.15) is 50.4 Å². The second-order valence-electron chi connectivity index (χ2n) is 11.8. The van der Waals surface area contributed by atoms with Crippen LogP contribution in [0.3, 0.4) is 0 Å². The zero-order valence-corrected chi connectivity index (χ0v) is 46.2. The van der Waals surface area contributed by atoms with Gasteiger partial charge in [0.25, 0.3) is 0 Å². The molecular weight excluding hydrogens is 1300 g/mol. The molecule has 0 aromatic heterocycles. The van der Waals surface area contributed by atoms with E-state index in [1.54, 1.807) is 6.92 Å². The number of ether oxygens (including phenoxy) is 1. The fourth-order valence-electron chi connectivity index (χ4n) is 5.17. The van der Waals surface area contributed by atoms with Crippen LogP contribution < -0.4 is 26.1 Å². The number of halogens is 12. The SMILES string of the molecule is CCOC(=O)C#Cc1ccccc1.FP(F)F.FP(F)F.FP(F)F.FP(F)F.[Rh].[Rh].c1ccc([As](c2ccccc2)c2ccccc2)cc1.c1ccc([As](c2ccccc2)c2ccccc2)cc1. The molecule has 0 N–H and O–H groups in total. The van der Waals surface area contributed by atoms with Crippen LogP contribution in [0.5, 0.6) is 0 Å². The van der Waals surface area contributed by atoms with E-state index in [-0.39, 0.29) is 39.0 Å². The third-order valence-corrected chi connectivity index (χ3v) is 17.7. The van der Waals surface area contributed by atoms with Gasteiger partial charge in [0, 0.05) is 50.4 Å². The van der Waals surface area contributed by atoms with Crippen molar-refractivity contribution >= 4 is 96.8 Å². The predicted molar refractivity (Wildman–Crippen MR) is 259 cm³/mol. The van der Waals surface area contributed by atoms with Crippen molar-refractivity contribution in [1.29, 1.82) is 0 Å². The first-order valence-electron chi connectivity index (χ1n) is 18.9. The molecule has 2 nitrogen and oxygen atoms in total. The molecule has 0 unspecified atom stereocenters. The summed E-state index contributed by atoms with van der Waals surface area (Å²) in [6, 6.07) is 74.7. The Balaban J connectivity index is 0. The molecule has 7 rings (SSSR count). The number of rotatable bonds is 7. The van der Waals surface area contributed by atoms with Gasteiger partial charge in [-0.1, -0.05) is 24.1 Å². The zero-order valence-electron chi connectivity index (χ0n) is 35.6. The maximum atomic E-state index is 10.8. The van der Waals surface area contributed by atoms with Crippen molar-refractivity contribution in [3.05, 3.63) is 218 Å². The number of esters is 1. The molecule has 0 saturated carbocycles. The molecule has 372 valence electrons. The van der Waals surface area contributed by atoms with E-state index in [9.17, 15) is 55.2 Å². The summed E-state index contributed by atoms with van der Waals surface area (Å²) in [5, 5.41) is 0. The normalized spacial score (nSPS) is 9.49. The van der Waals surface area contributed by atoms with Crippen LogP contribution in [0.25, 0.3) is 0 Å². The molecule has 0 aliphatic heterocycles. The molecule has 7 aromatic rings. The molecule has 0 aliphatic carbocycles. The number of carbonyl (C=O) groups is 1. The molecule has 0 atom stereocenters. The first kappa shape index (κ1) is 67.9. The van der Waals surface area contributed by atoms with Crippen LogP contribution in [0.2, 0.25) is 0 Å². The zero-order chi connectivity index (χ0) is 49.7. The van der Waals surface area contributed by atoms with Crippen LogP contribution in [0.4, 0.5) is 50.4 Å². The molecule has 22 heteroatoms. The topological polar surface area (TPSA) is 26.3 Å². The van der Waals surface area contributed by atoms with Crippen LogP contribution in [-0.2, 0) is 48.5 Å². The van der Waals surface area contributed by atoms with Gasteiger partial charge < -0.3 is 4.74 Å². The number of hydrogen-bond acceptors (Lipinski definition) is 2. The number of carbonyl (C=O) groups excluding carboxylic acids is 1. The summed E-state index contributed by atoms with van der Waals surface area (Å²) in [6.07, 6.45) is 0. The fourth-order valence-corrected chi connectivity index (χ4v) is 14.8. The van der Waals surface area contributed by atoms with Gasteiger partial charge in [-0.05, 0) is 19.1 Å². The predicted octanol–water partition coefficient (Wildman–Crippen LogP) is 14.5. The van der Waals surface area contributed by atoms with Gasteiger partial charge in [-0.25, -0.2) is 4.79 Å². The first-order chi connectivity index (χ1) is 32.2. The standard InChI is InChI=1S/2C18H15As.C11H10O2.4F3P.2Rh/c2*1-4-10-16(11-5-1)19(17-12-6-2-7-13-17)18-14-8-3-9-15-18;1-2-13-11(12)9-8-10-6-4-3-5-7-10;4*1-4(2)3;;/h2*1-15H;3-7H,2H2,1H3;;;;;;. The summed E-state index contributed by atoms with van der Waals surface area (Å²) in [6.45, 7) is 2.12. The summed E-state index contributed by atoms with van der Waals surface area (Å²) in [7, 11) is -16.5. The van der Waals surface area contributed by atoms with Crippen molar-refractivity contribution in [2.45, 2.75) is 6.92 Å². The Labute approximate surface area is 435 Å². The Bertz CT molecular complexity index is 1990. The maximum absolute atomic E-state index is 10.8. The quantitative estimate of drug-likeness (QED) is 0.0523. The Morgan fingerprint density at radius 1 is 0.377 bits per heavy atom. The van der Waals surface area contributed by atoms with Crippen molar-refractivity contribution in [2.24, 2.45) is 0 Å². The average Bonchev–Trinajstić information content (AvgIpc) is 3.31. The van der Waals surface area contributed by atoms with E-state index in [0.29, 0.717) is 6.61 Å². The van der Waals surface area contributed by atoms with E-state index in [0.717, 1.165) is 5.56 Å². The van der Waals surface area contributed by atoms with Crippen LogP contribution in [-0.4, -0.2) is 41.9 Å². The summed E-state index contributed by atoms with van der Waals surface area (Å²) in [5.41, 5.74) is 0.815. The van der Waals surface area contributed by atoms with Gasteiger partial charge in [0.1, 0.15) is 0 Å². The molecule has 2 radical (unpaired) electrons.